The maximum absolute atomic E-state index is 12.5. The van der Waals surface area contributed by atoms with Gasteiger partial charge in [0.15, 0.2) is 5.16 Å². The molecule has 4 aliphatic rings. The van der Waals surface area contributed by atoms with E-state index in [9.17, 15) is 4.79 Å². The minimum absolute atomic E-state index is 0.0669. The number of carbonyl (C=O) groups excluding carboxylic acids is 1. The van der Waals surface area contributed by atoms with Gasteiger partial charge in [-0.2, -0.15) is 0 Å². The van der Waals surface area contributed by atoms with E-state index in [-0.39, 0.29) is 5.91 Å². The Labute approximate surface area is 188 Å². The fourth-order valence-corrected chi connectivity index (χ4v) is 7.36. The first-order chi connectivity index (χ1) is 15.0. The number of benzene rings is 1. The van der Waals surface area contributed by atoms with Crippen molar-refractivity contribution in [1.82, 2.24) is 14.8 Å². The summed E-state index contributed by atoms with van der Waals surface area (Å²) in [7, 11) is 2.04. The van der Waals surface area contributed by atoms with Crippen LogP contribution in [0.5, 0.6) is 5.75 Å². The highest BCUT2D eigenvalue weighted by molar-refractivity contribution is 7.99. The fourth-order valence-electron chi connectivity index (χ4n) is 6.63. The van der Waals surface area contributed by atoms with Crippen molar-refractivity contribution < 1.29 is 9.53 Å². The molecule has 0 aliphatic heterocycles. The van der Waals surface area contributed by atoms with E-state index in [4.69, 9.17) is 4.74 Å². The average Bonchev–Trinajstić information content (AvgIpc) is 3.06. The number of para-hydroxylation sites is 2. The van der Waals surface area contributed by atoms with Crippen LogP contribution in [-0.2, 0) is 18.3 Å². The van der Waals surface area contributed by atoms with Gasteiger partial charge in [0.05, 0.1) is 18.0 Å². The summed E-state index contributed by atoms with van der Waals surface area (Å²) in [5.41, 5.74) is 1.15. The second-order valence-electron chi connectivity index (χ2n) is 9.82. The minimum Gasteiger partial charge on any atom is -0.492 e. The van der Waals surface area contributed by atoms with Crippen molar-refractivity contribution in [2.75, 3.05) is 17.7 Å². The Hall–Kier alpha value is -2.02. The molecule has 1 aromatic carbocycles. The van der Waals surface area contributed by atoms with Gasteiger partial charge in [0.25, 0.3) is 0 Å². The maximum Gasteiger partial charge on any atom is 0.234 e. The predicted octanol–water partition coefficient (Wildman–Crippen LogP) is 4.70. The van der Waals surface area contributed by atoms with Crippen LogP contribution in [0.15, 0.2) is 29.4 Å². The van der Waals surface area contributed by atoms with Crippen LogP contribution in [0.1, 0.15) is 51.3 Å². The Morgan fingerprint density at radius 3 is 2.52 bits per heavy atom. The van der Waals surface area contributed by atoms with Crippen LogP contribution < -0.4 is 10.1 Å². The van der Waals surface area contributed by atoms with E-state index in [0.29, 0.717) is 29.2 Å². The zero-order valence-corrected chi connectivity index (χ0v) is 19.3. The number of carbonyl (C=O) groups is 1. The molecule has 2 aromatic rings. The number of amides is 1. The lowest BCUT2D eigenvalue weighted by atomic mass is 9.49. The molecule has 0 spiro atoms. The summed E-state index contributed by atoms with van der Waals surface area (Å²) >= 11 is 1.44. The predicted molar refractivity (Wildman–Crippen MR) is 122 cm³/mol. The number of anilines is 1. The zero-order chi connectivity index (χ0) is 21.4. The van der Waals surface area contributed by atoms with Gasteiger partial charge < -0.3 is 14.6 Å². The van der Waals surface area contributed by atoms with Gasteiger partial charge in [-0.1, -0.05) is 23.9 Å². The molecule has 1 amide bonds. The number of nitrogens with zero attached hydrogens (tertiary/aromatic N) is 3. The normalized spacial score (nSPS) is 28.6. The highest BCUT2D eigenvalue weighted by Crippen LogP contribution is 2.60. The fraction of sp³-hybridized carbons (Fsp3) is 0.625. The summed E-state index contributed by atoms with van der Waals surface area (Å²) in [4.78, 5) is 12.5. The molecular formula is C24H32N4O2S. The number of rotatable bonds is 8. The van der Waals surface area contributed by atoms with Gasteiger partial charge in [-0.25, -0.2) is 0 Å². The summed E-state index contributed by atoms with van der Waals surface area (Å²) in [5.74, 6) is 4.82. The van der Waals surface area contributed by atoms with Crippen molar-refractivity contribution in [3.05, 3.63) is 30.1 Å². The van der Waals surface area contributed by atoms with Gasteiger partial charge in [0.2, 0.25) is 5.91 Å². The first kappa shape index (κ1) is 20.9. The summed E-state index contributed by atoms with van der Waals surface area (Å²) in [6, 6.07) is 7.52. The van der Waals surface area contributed by atoms with Gasteiger partial charge in [0.1, 0.15) is 11.6 Å². The zero-order valence-electron chi connectivity index (χ0n) is 18.5. The smallest absolute Gasteiger partial charge is 0.234 e. The number of ether oxygens (including phenoxy) is 1. The third kappa shape index (κ3) is 4.34. The largest absolute Gasteiger partial charge is 0.492 e. The van der Waals surface area contributed by atoms with E-state index in [0.717, 1.165) is 35.2 Å². The highest BCUT2D eigenvalue weighted by Gasteiger charge is 2.51. The van der Waals surface area contributed by atoms with Crippen molar-refractivity contribution in [3.8, 4) is 5.75 Å². The first-order valence-electron chi connectivity index (χ1n) is 11.6. The molecule has 166 valence electrons. The molecule has 6 nitrogen and oxygen atoms in total. The molecule has 4 fully saturated rings. The van der Waals surface area contributed by atoms with Crippen molar-refractivity contribution in [1.29, 1.82) is 0 Å². The molecule has 7 heteroatoms. The van der Waals surface area contributed by atoms with E-state index in [1.54, 1.807) is 0 Å². The van der Waals surface area contributed by atoms with Gasteiger partial charge in [0, 0.05) is 13.5 Å². The lowest BCUT2D eigenvalue weighted by Crippen LogP contribution is -2.47. The molecule has 0 saturated heterocycles. The van der Waals surface area contributed by atoms with E-state index in [2.05, 4.69) is 20.1 Å². The molecule has 1 aromatic heterocycles. The van der Waals surface area contributed by atoms with Gasteiger partial charge in [-0.15, -0.1) is 10.2 Å². The van der Waals surface area contributed by atoms with Crippen molar-refractivity contribution in [3.63, 3.8) is 0 Å². The molecular weight excluding hydrogens is 408 g/mol. The Balaban J connectivity index is 1.20. The van der Waals surface area contributed by atoms with Crippen LogP contribution in [0.4, 0.5) is 5.69 Å². The Morgan fingerprint density at radius 2 is 1.84 bits per heavy atom. The third-order valence-electron chi connectivity index (χ3n) is 7.42. The summed E-state index contributed by atoms with van der Waals surface area (Å²) < 4.78 is 7.69. The number of hydrogen-bond acceptors (Lipinski definition) is 5. The second-order valence-corrected chi connectivity index (χ2v) is 10.8. The molecule has 31 heavy (non-hydrogen) atoms. The lowest BCUT2D eigenvalue weighted by Gasteiger charge is -2.56. The number of aromatic nitrogens is 3. The van der Waals surface area contributed by atoms with E-state index < -0.39 is 0 Å². The first-order valence-corrected chi connectivity index (χ1v) is 12.5. The van der Waals surface area contributed by atoms with Crippen LogP contribution >= 0.6 is 11.8 Å². The van der Waals surface area contributed by atoms with Crippen molar-refractivity contribution in [2.45, 2.75) is 57.0 Å². The van der Waals surface area contributed by atoms with Gasteiger partial charge in [-0.05, 0) is 80.8 Å². The molecule has 0 radical (unpaired) electrons. The topological polar surface area (TPSA) is 69.0 Å². The van der Waals surface area contributed by atoms with Crippen LogP contribution in [0.2, 0.25) is 0 Å². The molecule has 0 unspecified atom stereocenters. The Bertz CT molecular complexity index is 922. The molecule has 1 heterocycles. The van der Waals surface area contributed by atoms with Crippen LogP contribution in [-0.4, -0.2) is 33.0 Å². The van der Waals surface area contributed by atoms with Gasteiger partial charge in [-0.3, -0.25) is 4.79 Å². The van der Waals surface area contributed by atoms with Gasteiger partial charge >= 0.3 is 0 Å². The molecule has 4 aliphatic carbocycles. The van der Waals surface area contributed by atoms with Crippen LogP contribution in [0.3, 0.4) is 0 Å². The summed E-state index contributed by atoms with van der Waals surface area (Å²) in [5, 5.41) is 12.7. The molecule has 0 atom stereocenters. The van der Waals surface area contributed by atoms with E-state index >= 15 is 0 Å². The van der Waals surface area contributed by atoms with E-state index in [1.165, 1.54) is 50.3 Å². The average molecular weight is 441 g/mol. The van der Waals surface area contributed by atoms with E-state index in [1.807, 2.05) is 38.2 Å². The van der Waals surface area contributed by atoms with Crippen LogP contribution in [0, 0.1) is 23.2 Å². The van der Waals surface area contributed by atoms with Crippen molar-refractivity contribution in [2.24, 2.45) is 30.2 Å². The molecule has 6 rings (SSSR count). The quantitative estimate of drug-likeness (QED) is 0.603. The standard InChI is InChI=1S/C24H32N4O2S/c1-3-30-20-7-5-4-6-19(20)25-22(29)15-31-23-27-26-21(28(23)2)14-24-11-16-8-17(12-24)10-18(9-16)13-24/h4-7,16-18H,3,8-15H2,1-2H3,(H,25,29). The van der Waals surface area contributed by atoms with Crippen LogP contribution in [0.25, 0.3) is 0 Å². The highest BCUT2D eigenvalue weighted by atomic mass is 32.2. The monoisotopic (exact) mass is 440 g/mol. The summed E-state index contributed by atoms with van der Waals surface area (Å²) in [6.45, 7) is 2.50. The molecule has 1 N–H and O–H groups in total. The van der Waals surface area contributed by atoms with Crippen molar-refractivity contribution >= 4 is 23.4 Å². The number of hydrogen-bond donors (Lipinski definition) is 1. The number of thioether (sulfide) groups is 1. The summed E-state index contributed by atoms with van der Waals surface area (Å²) in [6.07, 6.45) is 9.53. The maximum atomic E-state index is 12.5. The third-order valence-corrected chi connectivity index (χ3v) is 8.44. The molecule has 4 saturated carbocycles. The minimum atomic E-state index is -0.0669. The Morgan fingerprint density at radius 1 is 1.16 bits per heavy atom. The SMILES string of the molecule is CCOc1ccccc1NC(=O)CSc1nnc(CC23CC4CC(CC(C4)C2)C3)n1C. The Kier molecular flexibility index (Phi) is 5.71. The molecule has 4 bridgehead atoms. The number of nitrogens with one attached hydrogen (secondary N) is 1. The second kappa shape index (κ2) is 8.49. The lowest BCUT2D eigenvalue weighted by molar-refractivity contribution is -0.113.